The summed E-state index contributed by atoms with van der Waals surface area (Å²) < 4.78 is 0. The zero-order valence-electron chi connectivity index (χ0n) is 16.6. The standard InChI is InChI=1S/C23H26N4O2/c1-16-6-8-18(9-7-16)27-13-12-17(15-27)14-24-22(28)11-10-21-23(29)26-20-5-3-2-4-19(20)25-21/h2-9,17H,10-15H2,1H3,(H,24,28)(H,26,29). The molecule has 1 aromatic heterocycles. The van der Waals surface area contributed by atoms with Crippen LogP contribution in [0.15, 0.2) is 53.3 Å². The molecular formula is C23H26N4O2. The van der Waals surface area contributed by atoms with Crippen molar-refractivity contribution in [1.82, 2.24) is 15.3 Å². The molecule has 0 bridgehead atoms. The Bertz CT molecular complexity index is 1060. The summed E-state index contributed by atoms with van der Waals surface area (Å²) in [5, 5.41) is 3.03. The van der Waals surface area contributed by atoms with Gasteiger partial charge in [-0.05, 0) is 43.5 Å². The molecule has 4 rings (SSSR count). The molecule has 6 nitrogen and oxygen atoms in total. The average molecular weight is 390 g/mol. The van der Waals surface area contributed by atoms with E-state index in [4.69, 9.17) is 0 Å². The molecule has 3 aromatic rings. The van der Waals surface area contributed by atoms with Crippen LogP contribution in [0.1, 0.15) is 24.1 Å². The molecule has 2 heterocycles. The lowest BCUT2D eigenvalue weighted by Gasteiger charge is -2.19. The molecule has 1 aliphatic heterocycles. The van der Waals surface area contributed by atoms with Gasteiger partial charge in [0.2, 0.25) is 5.91 Å². The Kier molecular flexibility index (Phi) is 5.60. The van der Waals surface area contributed by atoms with E-state index in [0.29, 0.717) is 30.1 Å². The van der Waals surface area contributed by atoms with E-state index in [0.717, 1.165) is 25.0 Å². The van der Waals surface area contributed by atoms with E-state index < -0.39 is 0 Å². The number of hydrogen-bond acceptors (Lipinski definition) is 4. The van der Waals surface area contributed by atoms with Crippen LogP contribution in [0.3, 0.4) is 0 Å². The van der Waals surface area contributed by atoms with E-state index in [2.05, 4.69) is 51.4 Å². The van der Waals surface area contributed by atoms with Gasteiger partial charge in [0, 0.05) is 38.2 Å². The highest BCUT2D eigenvalue weighted by Gasteiger charge is 2.23. The van der Waals surface area contributed by atoms with Crippen LogP contribution in [-0.4, -0.2) is 35.5 Å². The molecule has 2 aromatic carbocycles. The van der Waals surface area contributed by atoms with Gasteiger partial charge in [-0.1, -0.05) is 29.8 Å². The van der Waals surface area contributed by atoms with Crippen molar-refractivity contribution >= 4 is 22.6 Å². The lowest BCUT2D eigenvalue weighted by Crippen LogP contribution is -2.31. The van der Waals surface area contributed by atoms with Crippen molar-refractivity contribution in [1.29, 1.82) is 0 Å². The molecule has 1 aliphatic rings. The van der Waals surface area contributed by atoms with Crippen LogP contribution in [0.5, 0.6) is 0 Å². The number of carbonyl (C=O) groups excluding carboxylic acids is 1. The Balaban J connectivity index is 1.26. The van der Waals surface area contributed by atoms with Crippen LogP contribution in [0.2, 0.25) is 0 Å². The third-order valence-electron chi connectivity index (χ3n) is 5.53. The molecule has 1 fully saturated rings. The first-order valence-electron chi connectivity index (χ1n) is 10.1. The fourth-order valence-corrected chi connectivity index (χ4v) is 3.80. The number of benzene rings is 2. The molecule has 0 radical (unpaired) electrons. The van der Waals surface area contributed by atoms with Crippen molar-refractivity contribution in [3.63, 3.8) is 0 Å². The van der Waals surface area contributed by atoms with Gasteiger partial charge in [0.05, 0.1) is 11.0 Å². The van der Waals surface area contributed by atoms with Crippen molar-refractivity contribution in [3.8, 4) is 0 Å². The van der Waals surface area contributed by atoms with E-state index in [1.165, 1.54) is 11.3 Å². The number of anilines is 1. The van der Waals surface area contributed by atoms with Gasteiger partial charge >= 0.3 is 0 Å². The number of aryl methyl sites for hydroxylation is 2. The van der Waals surface area contributed by atoms with Gasteiger partial charge in [-0.3, -0.25) is 9.59 Å². The predicted molar refractivity (Wildman–Crippen MR) is 115 cm³/mol. The summed E-state index contributed by atoms with van der Waals surface area (Å²) >= 11 is 0. The van der Waals surface area contributed by atoms with Crippen LogP contribution < -0.4 is 15.8 Å². The van der Waals surface area contributed by atoms with Crippen LogP contribution in [-0.2, 0) is 11.2 Å². The Morgan fingerprint density at radius 3 is 2.83 bits per heavy atom. The maximum atomic E-state index is 12.3. The second-order valence-electron chi connectivity index (χ2n) is 7.77. The normalized spacial score (nSPS) is 16.3. The van der Waals surface area contributed by atoms with Crippen molar-refractivity contribution in [2.45, 2.75) is 26.2 Å². The Labute approximate surface area is 170 Å². The van der Waals surface area contributed by atoms with Crippen molar-refractivity contribution < 1.29 is 4.79 Å². The summed E-state index contributed by atoms with van der Waals surface area (Å²) in [6.45, 7) is 4.73. The van der Waals surface area contributed by atoms with Gasteiger partial charge in [-0.25, -0.2) is 4.98 Å². The number of H-pyrrole nitrogens is 1. The van der Waals surface area contributed by atoms with Crippen molar-refractivity contribution in [2.75, 3.05) is 24.5 Å². The molecule has 0 aliphatic carbocycles. The number of rotatable bonds is 6. The third kappa shape index (κ3) is 4.65. The summed E-state index contributed by atoms with van der Waals surface area (Å²) in [5.41, 5.74) is 4.14. The quantitative estimate of drug-likeness (QED) is 0.678. The molecular weight excluding hydrogens is 364 g/mol. The zero-order valence-corrected chi connectivity index (χ0v) is 16.6. The van der Waals surface area contributed by atoms with E-state index in [1.54, 1.807) is 0 Å². The lowest BCUT2D eigenvalue weighted by molar-refractivity contribution is -0.121. The molecule has 0 saturated carbocycles. The van der Waals surface area contributed by atoms with Crippen LogP contribution in [0, 0.1) is 12.8 Å². The third-order valence-corrected chi connectivity index (χ3v) is 5.53. The highest BCUT2D eigenvalue weighted by Crippen LogP contribution is 2.23. The molecule has 1 amide bonds. The SMILES string of the molecule is Cc1ccc(N2CCC(CNC(=O)CCc3nc4ccccc4[nH]c3=O)C2)cc1. The van der Waals surface area contributed by atoms with Crippen LogP contribution >= 0.6 is 0 Å². The van der Waals surface area contributed by atoms with Gasteiger partial charge in [0.25, 0.3) is 5.56 Å². The first-order chi connectivity index (χ1) is 14.1. The molecule has 1 saturated heterocycles. The van der Waals surface area contributed by atoms with Gasteiger partial charge in [-0.2, -0.15) is 0 Å². The summed E-state index contributed by atoms with van der Waals surface area (Å²) in [6.07, 6.45) is 1.68. The monoisotopic (exact) mass is 390 g/mol. The summed E-state index contributed by atoms with van der Waals surface area (Å²) in [7, 11) is 0. The van der Waals surface area contributed by atoms with Crippen molar-refractivity contribution in [3.05, 3.63) is 70.1 Å². The number of hydrogen-bond donors (Lipinski definition) is 2. The van der Waals surface area contributed by atoms with Crippen LogP contribution in [0.4, 0.5) is 5.69 Å². The Hall–Kier alpha value is -3.15. The molecule has 1 unspecified atom stereocenters. The number of nitrogens with zero attached hydrogens (tertiary/aromatic N) is 2. The average Bonchev–Trinajstić information content (AvgIpc) is 3.20. The Morgan fingerprint density at radius 2 is 2.00 bits per heavy atom. The zero-order chi connectivity index (χ0) is 20.2. The van der Waals surface area contributed by atoms with E-state index in [1.807, 2.05) is 24.3 Å². The number of amides is 1. The minimum absolute atomic E-state index is 0.0341. The summed E-state index contributed by atoms with van der Waals surface area (Å²) in [6, 6.07) is 16.0. The number of aromatic amines is 1. The van der Waals surface area contributed by atoms with Gasteiger partial charge in [-0.15, -0.1) is 0 Å². The topological polar surface area (TPSA) is 78.1 Å². The number of para-hydroxylation sites is 2. The van der Waals surface area contributed by atoms with E-state index >= 15 is 0 Å². The summed E-state index contributed by atoms with van der Waals surface area (Å²) in [4.78, 5) is 34.0. The fourth-order valence-electron chi connectivity index (χ4n) is 3.80. The second kappa shape index (κ2) is 8.47. The molecule has 2 N–H and O–H groups in total. The number of carbonyl (C=O) groups is 1. The minimum Gasteiger partial charge on any atom is -0.371 e. The summed E-state index contributed by atoms with van der Waals surface area (Å²) in [5.74, 6) is 0.413. The van der Waals surface area contributed by atoms with Gasteiger partial charge in [0.15, 0.2) is 0 Å². The number of aromatic nitrogens is 2. The fraction of sp³-hybridized carbons (Fsp3) is 0.348. The highest BCUT2D eigenvalue weighted by atomic mass is 16.1. The predicted octanol–water partition coefficient (Wildman–Crippen LogP) is 2.81. The van der Waals surface area contributed by atoms with Gasteiger partial charge < -0.3 is 15.2 Å². The van der Waals surface area contributed by atoms with E-state index in [9.17, 15) is 9.59 Å². The molecule has 29 heavy (non-hydrogen) atoms. The van der Waals surface area contributed by atoms with Gasteiger partial charge in [0.1, 0.15) is 5.69 Å². The molecule has 6 heteroatoms. The lowest BCUT2D eigenvalue weighted by atomic mass is 10.1. The number of fused-ring (bicyclic) bond motifs is 1. The van der Waals surface area contributed by atoms with Crippen molar-refractivity contribution in [2.24, 2.45) is 5.92 Å². The Morgan fingerprint density at radius 1 is 1.21 bits per heavy atom. The van der Waals surface area contributed by atoms with E-state index in [-0.39, 0.29) is 17.9 Å². The highest BCUT2D eigenvalue weighted by molar-refractivity contribution is 5.76. The first-order valence-corrected chi connectivity index (χ1v) is 10.1. The smallest absolute Gasteiger partial charge is 0.270 e. The largest absolute Gasteiger partial charge is 0.371 e. The molecule has 150 valence electrons. The second-order valence-corrected chi connectivity index (χ2v) is 7.77. The first kappa shape index (κ1) is 19.2. The van der Waals surface area contributed by atoms with Crippen LogP contribution in [0.25, 0.3) is 11.0 Å². The maximum absolute atomic E-state index is 12.3. The molecule has 0 spiro atoms. The number of nitrogens with one attached hydrogen (secondary N) is 2. The molecule has 1 atom stereocenters. The minimum atomic E-state index is -0.221. The maximum Gasteiger partial charge on any atom is 0.270 e.